The van der Waals surface area contributed by atoms with E-state index in [0.717, 1.165) is 17.0 Å². The largest absolute Gasteiger partial charge is 0.487 e. The van der Waals surface area contributed by atoms with Crippen LogP contribution >= 0.6 is 0 Å². The van der Waals surface area contributed by atoms with Gasteiger partial charge >= 0.3 is 0 Å². The summed E-state index contributed by atoms with van der Waals surface area (Å²) in [6.07, 6.45) is 0. The summed E-state index contributed by atoms with van der Waals surface area (Å²) in [5.74, 6) is 1.55. The molecule has 1 aromatic carbocycles. The van der Waals surface area contributed by atoms with Gasteiger partial charge in [-0.25, -0.2) is 0 Å². The number of methoxy groups -OCH3 is 1. The molecule has 0 spiro atoms. The fourth-order valence-electron chi connectivity index (χ4n) is 1.91. The van der Waals surface area contributed by atoms with Crippen molar-refractivity contribution in [3.05, 3.63) is 47.3 Å². The van der Waals surface area contributed by atoms with Crippen molar-refractivity contribution >= 4 is 0 Å². The molecule has 0 amide bonds. The topological polar surface area (TPSA) is 56.5 Å². The molecule has 0 aliphatic heterocycles. The van der Waals surface area contributed by atoms with Crippen LogP contribution in [0.25, 0.3) is 0 Å². The summed E-state index contributed by atoms with van der Waals surface area (Å²) in [6, 6.07) is 10.0. The van der Waals surface area contributed by atoms with Gasteiger partial charge in [-0.2, -0.15) is 0 Å². The first-order valence-corrected chi connectivity index (χ1v) is 6.57. The molecule has 20 heavy (non-hydrogen) atoms. The van der Waals surface area contributed by atoms with Gasteiger partial charge in [-0.15, -0.1) is 0 Å². The van der Waals surface area contributed by atoms with E-state index < -0.39 is 0 Å². The summed E-state index contributed by atoms with van der Waals surface area (Å²) in [6.45, 7) is 2.88. The summed E-state index contributed by atoms with van der Waals surface area (Å²) in [5, 5.41) is 7.16. The predicted molar refractivity (Wildman–Crippen MR) is 75.5 cm³/mol. The van der Waals surface area contributed by atoms with Crippen molar-refractivity contribution in [2.45, 2.75) is 26.2 Å². The minimum atomic E-state index is 0.229. The summed E-state index contributed by atoms with van der Waals surface area (Å²) >= 11 is 0. The van der Waals surface area contributed by atoms with Crippen LogP contribution in [0.2, 0.25) is 0 Å². The number of nitrogens with one attached hydrogen (secondary N) is 1. The van der Waals surface area contributed by atoms with Crippen molar-refractivity contribution in [3.63, 3.8) is 0 Å². The van der Waals surface area contributed by atoms with Gasteiger partial charge in [-0.1, -0.05) is 23.4 Å². The maximum Gasteiger partial charge on any atom is 0.162 e. The molecule has 108 valence electrons. The molecule has 1 unspecified atom stereocenters. The van der Waals surface area contributed by atoms with Crippen LogP contribution < -0.4 is 10.1 Å². The third-order valence-corrected chi connectivity index (χ3v) is 3.09. The Kier molecular flexibility index (Phi) is 5.15. The van der Waals surface area contributed by atoms with E-state index in [1.165, 1.54) is 0 Å². The van der Waals surface area contributed by atoms with Gasteiger partial charge in [0, 0.05) is 24.8 Å². The van der Waals surface area contributed by atoms with Crippen LogP contribution in [0.15, 0.2) is 34.9 Å². The molecule has 0 bridgehead atoms. The zero-order valence-electron chi connectivity index (χ0n) is 12.1. The number of rotatable bonds is 7. The summed E-state index contributed by atoms with van der Waals surface area (Å²) in [7, 11) is 3.55. The van der Waals surface area contributed by atoms with E-state index in [1.54, 1.807) is 7.11 Å². The molecule has 1 N–H and O–H groups in total. The molecule has 5 nitrogen and oxygen atoms in total. The molecule has 1 atom stereocenters. The van der Waals surface area contributed by atoms with E-state index in [2.05, 4.69) is 23.5 Å². The van der Waals surface area contributed by atoms with Crippen molar-refractivity contribution < 1.29 is 14.0 Å². The maximum absolute atomic E-state index is 5.83. The second-order valence-corrected chi connectivity index (χ2v) is 4.55. The van der Waals surface area contributed by atoms with Crippen LogP contribution in [-0.4, -0.2) is 19.3 Å². The standard InChI is InChI=1S/C15H20N2O3/c1-11(16-2)14-6-4-5-7-15(14)19-9-12-8-13(10-18-3)20-17-12/h4-8,11,16H,9-10H2,1-3H3. The highest BCUT2D eigenvalue weighted by atomic mass is 16.5. The number of para-hydroxylation sites is 1. The van der Waals surface area contributed by atoms with Crippen molar-refractivity contribution in [2.24, 2.45) is 0 Å². The van der Waals surface area contributed by atoms with E-state index in [9.17, 15) is 0 Å². The zero-order valence-corrected chi connectivity index (χ0v) is 12.1. The highest BCUT2D eigenvalue weighted by Crippen LogP contribution is 2.25. The number of nitrogens with zero attached hydrogens (tertiary/aromatic N) is 1. The van der Waals surface area contributed by atoms with E-state index in [4.69, 9.17) is 14.0 Å². The number of aromatic nitrogens is 1. The van der Waals surface area contributed by atoms with Gasteiger partial charge in [-0.05, 0) is 20.0 Å². The first kappa shape index (κ1) is 14.6. The highest BCUT2D eigenvalue weighted by Gasteiger charge is 2.10. The number of hydrogen-bond acceptors (Lipinski definition) is 5. The molecular weight excluding hydrogens is 256 g/mol. The Balaban J connectivity index is 2.02. The fraction of sp³-hybridized carbons (Fsp3) is 0.400. The molecule has 0 aliphatic rings. The van der Waals surface area contributed by atoms with E-state index >= 15 is 0 Å². The maximum atomic E-state index is 5.83. The summed E-state index contributed by atoms with van der Waals surface area (Å²) in [5.41, 5.74) is 1.87. The molecule has 5 heteroatoms. The molecule has 1 aromatic heterocycles. The van der Waals surface area contributed by atoms with Crippen LogP contribution in [-0.2, 0) is 18.0 Å². The number of hydrogen-bond donors (Lipinski definition) is 1. The Hall–Kier alpha value is -1.85. The van der Waals surface area contributed by atoms with E-state index in [0.29, 0.717) is 19.0 Å². The van der Waals surface area contributed by atoms with Gasteiger partial charge in [0.15, 0.2) is 5.76 Å². The quantitative estimate of drug-likeness (QED) is 0.842. The summed E-state index contributed by atoms with van der Waals surface area (Å²) in [4.78, 5) is 0. The second kappa shape index (κ2) is 7.07. The van der Waals surface area contributed by atoms with Gasteiger partial charge in [0.25, 0.3) is 0 Å². The molecule has 0 saturated carbocycles. The lowest BCUT2D eigenvalue weighted by atomic mass is 10.1. The van der Waals surface area contributed by atoms with Crippen molar-refractivity contribution in [3.8, 4) is 5.75 Å². The van der Waals surface area contributed by atoms with Crippen molar-refractivity contribution in [1.82, 2.24) is 10.5 Å². The van der Waals surface area contributed by atoms with Crippen LogP contribution in [0, 0.1) is 0 Å². The van der Waals surface area contributed by atoms with Crippen molar-refractivity contribution in [2.75, 3.05) is 14.2 Å². The normalized spacial score (nSPS) is 12.3. The van der Waals surface area contributed by atoms with Gasteiger partial charge in [0.05, 0.1) is 0 Å². The lowest BCUT2D eigenvalue weighted by Gasteiger charge is -2.15. The second-order valence-electron chi connectivity index (χ2n) is 4.55. The Labute approximate surface area is 118 Å². The third-order valence-electron chi connectivity index (χ3n) is 3.09. The lowest BCUT2D eigenvalue weighted by molar-refractivity contribution is 0.155. The van der Waals surface area contributed by atoms with E-state index in [-0.39, 0.29) is 6.04 Å². The Morgan fingerprint density at radius 2 is 2.10 bits per heavy atom. The van der Waals surface area contributed by atoms with Crippen molar-refractivity contribution in [1.29, 1.82) is 0 Å². The van der Waals surface area contributed by atoms with Crippen LogP contribution in [0.1, 0.15) is 30.0 Å². The minimum Gasteiger partial charge on any atom is -0.487 e. The molecule has 2 rings (SSSR count). The molecule has 2 aromatic rings. The van der Waals surface area contributed by atoms with Crippen LogP contribution in [0.4, 0.5) is 0 Å². The van der Waals surface area contributed by atoms with Gasteiger partial charge in [0.1, 0.15) is 24.7 Å². The highest BCUT2D eigenvalue weighted by molar-refractivity contribution is 5.35. The van der Waals surface area contributed by atoms with Gasteiger partial charge < -0.3 is 19.3 Å². The molecule has 0 radical (unpaired) electrons. The fourth-order valence-corrected chi connectivity index (χ4v) is 1.91. The molecule has 0 aliphatic carbocycles. The first-order valence-electron chi connectivity index (χ1n) is 6.57. The average Bonchev–Trinajstić information content (AvgIpc) is 2.93. The van der Waals surface area contributed by atoms with Gasteiger partial charge in [0.2, 0.25) is 0 Å². The smallest absolute Gasteiger partial charge is 0.162 e. The minimum absolute atomic E-state index is 0.229. The molecular formula is C15H20N2O3. The monoisotopic (exact) mass is 276 g/mol. The van der Waals surface area contributed by atoms with Gasteiger partial charge in [-0.3, -0.25) is 0 Å². The third kappa shape index (κ3) is 3.59. The summed E-state index contributed by atoms with van der Waals surface area (Å²) < 4.78 is 15.9. The molecule has 0 fully saturated rings. The average molecular weight is 276 g/mol. The predicted octanol–water partition coefficient (Wildman–Crippen LogP) is 2.68. The Morgan fingerprint density at radius 1 is 1.30 bits per heavy atom. The van der Waals surface area contributed by atoms with Crippen LogP contribution in [0.3, 0.4) is 0 Å². The Bertz CT molecular complexity index is 539. The molecule has 0 saturated heterocycles. The van der Waals surface area contributed by atoms with E-state index in [1.807, 2.05) is 31.3 Å². The number of ether oxygens (including phenoxy) is 2. The van der Waals surface area contributed by atoms with Crippen LogP contribution in [0.5, 0.6) is 5.75 Å². The first-order chi connectivity index (χ1) is 9.74. The lowest BCUT2D eigenvalue weighted by Crippen LogP contribution is -2.13. The zero-order chi connectivity index (χ0) is 14.4. The SMILES string of the molecule is CNC(C)c1ccccc1OCc1cc(COC)on1. The number of benzene rings is 1. The Morgan fingerprint density at radius 3 is 2.85 bits per heavy atom. The molecule has 1 heterocycles.